The van der Waals surface area contributed by atoms with Crippen LogP contribution >= 0.6 is 31.9 Å². The second kappa shape index (κ2) is 5.55. The van der Waals surface area contributed by atoms with E-state index in [4.69, 9.17) is 4.74 Å². The summed E-state index contributed by atoms with van der Waals surface area (Å²) in [5.41, 5.74) is 2.34. The van der Waals surface area contributed by atoms with Gasteiger partial charge in [-0.2, -0.15) is 0 Å². The van der Waals surface area contributed by atoms with Crippen LogP contribution in [0.4, 0.5) is 5.69 Å². The monoisotopic (exact) mass is 381 g/mol. The quantitative estimate of drug-likeness (QED) is 0.775. The molecule has 1 heterocycles. The Kier molecular flexibility index (Phi) is 3.80. The van der Waals surface area contributed by atoms with Crippen LogP contribution in [0.5, 0.6) is 5.75 Å². The van der Waals surface area contributed by atoms with Gasteiger partial charge in [-0.1, -0.05) is 31.9 Å². The second-order valence-electron chi connectivity index (χ2n) is 4.52. The smallest absolute Gasteiger partial charge is 0.124 e. The number of hydrogen-bond acceptors (Lipinski definition) is 2. The van der Waals surface area contributed by atoms with E-state index in [-0.39, 0.29) is 0 Å². The molecule has 2 aromatic carbocycles. The average Bonchev–Trinajstić information content (AvgIpc) is 2.42. The summed E-state index contributed by atoms with van der Waals surface area (Å²) in [4.78, 5) is 0. The summed E-state index contributed by atoms with van der Waals surface area (Å²) < 4.78 is 7.87. The zero-order valence-electron chi connectivity index (χ0n) is 10.2. The van der Waals surface area contributed by atoms with Crippen LogP contribution in [-0.4, -0.2) is 6.61 Å². The normalized spacial score (nSPS) is 17.5. The van der Waals surface area contributed by atoms with E-state index in [1.165, 1.54) is 5.56 Å². The van der Waals surface area contributed by atoms with Crippen LogP contribution in [-0.2, 0) is 0 Å². The number of fused-ring (bicyclic) bond motifs is 1. The summed E-state index contributed by atoms with van der Waals surface area (Å²) >= 11 is 6.98. The number of hydrogen-bond donors (Lipinski definition) is 1. The molecular weight excluding hydrogens is 370 g/mol. The first-order chi connectivity index (χ1) is 9.22. The second-order valence-corrected chi connectivity index (χ2v) is 6.35. The number of nitrogens with one attached hydrogen (secondary N) is 1. The molecule has 2 aromatic rings. The summed E-state index contributed by atoms with van der Waals surface area (Å²) in [6.07, 6.45) is 0.972. The zero-order chi connectivity index (χ0) is 13.2. The molecule has 0 amide bonds. The first kappa shape index (κ1) is 13.0. The standard InChI is InChI=1S/C15H13Br2NO/c16-10-1-4-12(5-2-10)18-14-7-8-19-15-6-3-11(17)9-13(14)15/h1-6,9,14,18H,7-8H2. The van der Waals surface area contributed by atoms with Gasteiger partial charge in [0.1, 0.15) is 5.75 Å². The molecule has 1 unspecified atom stereocenters. The van der Waals surface area contributed by atoms with Gasteiger partial charge in [0.15, 0.2) is 0 Å². The lowest BCUT2D eigenvalue weighted by atomic mass is 10.0. The molecular formula is C15H13Br2NO. The fourth-order valence-corrected chi connectivity index (χ4v) is 2.91. The van der Waals surface area contributed by atoms with Gasteiger partial charge in [-0.3, -0.25) is 0 Å². The van der Waals surface area contributed by atoms with E-state index >= 15 is 0 Å². The number of benzene rings is 2. The fraction of sp³-hybridized carbons (Fsp3) is 0.200. The first-order valence-electron chi connectivity index (χ1n) is 6.17. The Balaban J connectivity index is 1.87. The maximum atomic E-state index is 5.70. The van der Waals surface area contributed by atoms with E-state index < -0.39 is 0 Å². The Morgan fingerprint density at radius 3 is 2.53 bits per heavy atom. The van der Waals surface area contributed by atoms with Gasteiger partial charge in [-0.05, 0) is 42.5 Å². The molecule has 3 rings (SSSR count). The molecule has 0 aliphatic carbocycles. The summed E-state index contributed by atoms with van der Waals surface area (Å²) in [5.74, 6) is 0.976. The highest BCUT2D eigenvalue weighted by molar-refractivity contribution is 9.10. The van der Waals surface area contributed by atoms with Crippen molar-refractivity contribution in [3.8, 4) is 5.75 Å². The molecule has 2 nitrogen and oxygen atoms in total. The molecule has 0 saturated heterocycles. The molecule has 0 fully saturated rings. The SMILES string of the molecule is Brc1ccc(NC2CCOc3ccc(Br)cc32)cc1. The lowest BCUT2D eigenvalue weighted by molar-refractivity contribution is 0.274. The van der Waals surface area contributed by atoms with Gasteiger partial charge in [0.2, 0.25) is 0 Å². The highest BCUT2D eigenvalue weighted by Gasteiger charge is 2.21. The van der Waals surface area contributed by atoms with Crippen molar-refractivity contribution in [3.63, 3.8) is 0 Å². The van der Waals surface area contributed by atoms with Crippen molar-refractivity contribution >= 4 is 37.5 Å². The zero-order valence-corrected chi connectivity index (χ0v) is 13.4. The largest absolute Gasteiger partial charge is 0.493 e. The third kappa shape index (κ3) is 2.95. The van der Waals surface area contributed by atoms with E-state index in [2.05, 4.69) is 55.4 Å². The minimum absolute atomic E-state index is 0.294. The minimum atomic E-state index is 0.294. The Bertz CT molecular complexity index is 583. The van der Waals surface area contributed by atoms with Gasteiger partial charge in [0, 0.05) is 26.6 Å². The summed E-state index contributed by atoms with van der Waals surface area (Å²) in [7, 11) is 0. The third-order valence-electron chi connectivity index (χ3n) is 3.20. The molecule has 1 aliphatic rings. The van der Waals surface area contributed by atoms with Crippen LogP contribution in [0, 0.1) is 0 Å². The molecule has 0 aromatic heterocycles. The van der Waals surface area contributed by atoms with Gasteiger partial charge in [-0.15, -0.1) is 0 Å². The Morgan fingerprint density at radius 1 is 1.00 bits per heavy atom. The third-order valence-corrected chi connectivity index (χ3v) is 4.22. The van der Waals surface area contributed by atoms with Crippen LogP contribution in [0.15, 0.2) is 51.4 Å². The highest BCUT2D eigenvalue weighted by atomic mass is 79.9. The van der Waals surface area contributed by atoms with Gasteiger partial charge >= 0.3 is 0 Å². The van der Waals surface area contributed by atoms with E-state index in [0.29, 0.717) is 6.04 Å². The molecule has 0 bridgehead atoms. The molecule has 0 radical (unpaired) electrons. The van der Waals surface area contributed by atoms with Crippen molar-refractivity contribution in [2.45, 2.75) is 12.5 Å². The topological polar surface area (TPSA) is 21.3 Å². The molecule has 19 heavy (non-hydrogen) atoms. The Hall–Kier alpha value is -1.00. The lowest BCUT2D eigenvalue weighted by Crippen LogP contribution is -2.20. The molecule has 4 heteroatoms. The molecule has 1 aliphatic heterocycles. The molecule has 0 saturated carbocycles. The summed E-state index contributed by atoms with van der Waals surface area (Å²) in [6, 6.07) is 14.7. The van der Waals surface area contributed by atoms with Gasteiger partial charge in [0.05, 0.1) is 12.6 Å². The van der Waals surface area contributed by atoms with Crippen molar-refractivity contribution in [1.29, 1.82) is 0 Å². The van der Waals surface area contributed by atoms with Crippen molar-refractivity contribution in [3.05, 3.63) is 57.0 Å². The predicted octanol–water partition coefficient (Wildman–Crippen LogP) is 5.15. The van der Waals surface area contributed by atoms with E-state index in [1.54, 1.807) is 0 Å². The van der Waals surface area contributed by atoms with E-state index in [9.17, 15) is 0 Å². The van der Waals surface area contributed by atoms with Crippen LogP contribution < -0.4 is 10.1 Å². The maximum Gasteiger partial charge on any atom is 0.124 e. The number of rotatable bonds is 2. The van der Waals surface area contributed by atoms with Crippen molar-refractivity contribution in [1.82, 2.24) is 0 Å². The van der Waals surface area contributed by atoms with Gasteiger partial charge < -0.3 is 10.1 Å². The van der Waals surface area contributed by atoms with Gasteiger partial charge in [-0.25, -0.2) is 0 Å². The summed E-state index contributed by atoms with van der Waals surface area (Å²) in [6.45, 7) is 0.753. The van der Waals surface area contributed by atoms with Crippen LogP contribution in [0.3, 0.4) is 0 Å². The maximum absolute atomic E-state index is 5.70. The fourth-order valence-electron chi connectivity index (χ4n) is 2.26. The van der Waals surface area contributed by atoms with Crippen molar-refractivity contribution in [2.75, 3.05) is 11.9 Å². The van der Waals surface area contributed by atoms with Crippen LogP contribution in [0.1, 0.15) is 18.0 Å². The molecule has 1 atom stereocenters. The number of ether oxygens (including phenoxy) is 1. The van der Waals surface area contributed by atoms with Crippen molar-refractivity contribution < 1.29 is 4.74 Å². The average molecular weight is 383 g/mol. The predicted molar refractivity (Wildman–Crippen MR) is 84.8 cm³/mol. The molecule has 1 N–H and O–H groups in total. The van der Waals surface area contributed by atoms with Gasteiger partial charge in [0.25, 0.3) is 0 Å². The molecule has 98 valence electrons. The van der Waals surface area contributed by atoms with E-state index in [1.807, 2.05) is 24.3 Å². The Labute approximate surface area is 129 Å². The minimum Gasteiger partial charge on any atom is -0.493 e. The van der Waals surface area contributed by atoms with Crippen molar-refractivity contribution in [2.24, 2.45) is 0 Å². The molecule has 0 spiro atoms. The lowest BCUT2D eigenvalue weighted by Gasteiger charge is -2.27. The first-order valence-corrected chi connectivity index (χ1v) is 7.75. The number of anilines is 1. The highest BCUT2D eigenvalue weighted by Crippen LogP contribution is 2.36. The van der Waals surface area contributed by atoms with E-state index in [0.717, 1.165) is 33.4 Å². The number of halogens is 2. The van der Waals surface area contributed by atoms with Crippen LogP contribution in [0.25, 0.3) is 0 Å². The Morgan fingerprint density at radius 2 is 1.74 bits per heavy atom. The van der Waals surface area contributed by atoms with Crippen LogP contribution in [0.2, 0.25) is 0 Å². The summed E-state index contributed by atoms with van der Waals surface area (Å²) in [5, 5.41) is 3.57.